The lowest BCUT2D eigenvalue weighted by Crippen LogP contribution is -2.43. The minimum Gasteiger partial charge on any atom is -0.243 e. The number of nitrogens with zero attached hydrogens (tertiary/aromatic N) is 2. The van der Waals surface area contributed by atoms with Crippen LogP contribution in [0.5, 0.6) is 0 Å². The molecule has 4 nitrogen and oxygen atoms in total. The highest BCUT2D eigenvalue weighted by Crippen LogP contribution is 2.39. The van der Waals surface area contributed by atoms with Crippen molar-refractivity contribution in [1.82, 2.24) is 9.29 Å². The van der Waals surface area contributed by atoms with Crippen LogP contribution >= 0.6 is 11.6 Å². The zero-order valence-electron chi connectivity index (χ0n) is 11.4. The zero-order chi connectivity index (χ0) is 16.1. The number of aromatic nitrogens is 1. The molecule has 118 valence electrons. The maximum absolute atomic E-state index is 13.1. The number of hydrogen-bond donors (Lipinski definition) is 0. The van der Waals surface area contributed by atoms with Gasteiger partial charge in [-0.25, -0.2) is 13.4 Å². The highest BCUT2D eigenvalue weighted by Gasteiger charge is 2.45. The maximum atomic E-state index is 13.1. The minimum absolute atomic E-state index is 0.190. The summed E-state index contributed by atoms with van der Waals surface area (Å²) in [7, 11) is -4.28. The summed E-state index contributed by atoms with van der Waals surface area (Å²) in [6.45, 7) is 3.57. The number of halogens is 4. The van der Waals surface area contributed by atoms with E-state index in [0.29, 0.717) is 25.1 Å². The van der Waals surface area contributed by atoms with Gasteiger partial charge in [-0.05, 0) is 32.8 Å². The molecule has 1 aromatic rings. The van der Waals surface area contributed by atoms with Gasteiger partial charge in [-0.15, -0.1) is 0 Å². The quantitative estimate of drug-likeness (QED) is 0.775. The highest BCUT2D eigenvalue weighted by molar-refractivity contribution is 7.89. The summed E-state index contributed by atoms with van der Waals surface area (Å²) in [4.78, 5) is 2.65. The fourth-order valence-corrected chi connectivity index (χ4v) is 4.64. The van der Waals surface area contributed by atoms with Crippen LogP contribution in [0, 0.1) is 0 Å². The fraction of sp³-hybridized carbons (Fsp3) is 0.583. The van der Waals surface area contributed by atoms with Crippen molar-refractivity contribution in [3.63, 3.8) is 0 Å². The molecule has 21 heavy (non-hydrogen) atoms. The SMILES string of the molecule is CC1(C)CCCN1S(=O)(=O)c1cnc(Cl)cc1C(F)(F)F. The average molecular weight is 343 g/mol. The van der Waals surface area contributed by atoms with Crippen LogP contribution in [0.4, 0.5) is 13.2 Å². The second-order valence-corrected chi connectivity index (χ2v) is 7.71. The Balaban J connectivity index is 2.61. The van der Waals surface area contributed by atoms with Crippen molar-refractivity contribution in [3.05, 3.63) is 23.0 Å². The number of rotatable bonds is 2. The number of alkyl halides is 3. The molecule has 0 aromatic carbocycles. The Bertz CT molecular complexity index is 659. The van der Waals surface area contributed by atoms with Gasteiger partial charge in [0.15, 0.2) is 0 Å². The monoisotopic (exact) mass is 342 g/mol. The Hall–Kier alpha value is -0.860. The molecule has 1 aliphatic rings. The topological polar surface area (TPSA) is 50.3 Å². The lowest BCUT2D eigenvalue weighted by atomic mass is 10.0. The van der Waals surface area contributed by atoms with Crippen LogP contribution < -0.4 is 0 Å². The van der Waals surface area contributed by atoms with Gasteiger partial charge in [0.05, 0.1) is 5.56 Å². The summed E-state index contributed by atoms with van der Waals surface area (Å²) in [5.74, 6) is 0. The van der Waals surface area contributed by atoms with Crippen molar-refractivity contribution in [3.8, 4) is 0 Å². The van der Waals surface area contributed by atoms with Gasteiger partial charge < -0.3 is 0 Å². The molecule has 9 heteroatoms. The molecule has 1 saturated heterocycles. The van der Waals surface area contributed by atoms with E-state index in [1.165, 1.54) is 0 Å². The summed E-state index contributed by atoms with van der Waals surface area (Å²) in [5.41, 5.74) is -2.01. The van der Waals surface area contributed by atoms with Gasteiger partial charge in [-0.3, -0.25) is 0 Å². The summed E-state index contributed by atoms with van der Waals surface area (Å²) in [5, 5.41) is -0.401. The normalized spacial score (nSPS) is 19.9. The van der Waals surface area contributed by atoms with Crippen molar-refractivity contribution in [1.29, 1.82) is 0 Å². The first kappa shape index (κ1) is 16.5. The zero-order valence-corrected chi connectivity index (χ0v) is 13.0. The summed E-state index contributed by atoms with van der Waals surface area (Å²) in [6, 6.07) is 0.539. The molecule has 0 saturated carbocycles. The Morgan fingerprint density at radius 1 is 1.38 bits per heavy atom. The van der Waals surface area contributed by atoms with Gasteiger partial charge in [0.1, 0.15) is 10.0 Å². The van der Waals surface area contributed by atoms with E-state index in [9.17, 15) is 21.6 Å². The molecule has 0 bridgehead atoms. The molecule has 0 atom stereocenters. The molecule has 1 aromatic heterocycles. The van der Waals surface area contributed by atoms with Crippen molar-refractivity contribution >= 4 is 21.6 Å². The smallest absolute Gasteiger partial charge is 0.243 e. The molecule has 0 radical (unpaired) electrons. The average Bonchev–Trinajstić information content (AvgIpc) is 2.68. The largest absolute Gasteiger partial charge is 0.417 e. The molecular formula is C12H14ClF3N2O2S. The predicted octanol–water partition coefficient (Wildman–Crippen LogP) is 3.32. The number of pyridine rings is 1. The van der Waals surface area contributed by atoms with Crippen LogP contribution in [0.3, 0.4) is 0 Å². The van der Waals surface area contributed by atoms with Crippen molar-refractivity contribution in [2.24, 2.45) is 0 Å². The second kappa shape index (κ2) is 5.10. The first-order valence-electron chi connectivity index (χ1n) is 6.22. The molecule has 1 aliphatic heterocycles. The standard InChI is InChI=1S/C12H14ClF3N2O2S/c1-11(2)4-3-5-18(11)21(19,20)9-7-17-10(13)6-8(9)12(14,15)16/h6-7H,3-5H2,1-2H3. The van der Waals surface area contributed by atoms with Gasteiger partial charge in [0.2, 0.25) is 10.0 Å². The van der Waals surface area contributed by atoms with Crippen molar-refractivity contribution in [2.75, 3.05) is 6.54 Å². The molecule has 2 heterocycles. The lowest BCUT2D eigenvalue weighted by Gasteiger charge is -2.31. The first-order valence-corrected chi connectivity index (χ1v) is 8.04. The van der Waals surface area contributed by atoms with E-state index in [1.807, 2.05) is 0 Å². The molecular weight excluding hydrogens is 329 g/mol. The Labute approximate surface area is 126 Å². The van der Waals surface area contributed by atoms with Crippen molar-refractivity contribution < 1.29 is 21.6 Å². The van der Waals surface area contributed by atoms with Gasteiger partial charge in [-0.2, -0.15) is 17.5 Å². The first-order chi connectivity index (χ1) is 9.46. The third kappa shape index (κ3) is 3.02. The van der Waals surface area contributed by atoms with Gasteiger partial charge in [-0.1, -0.05) is 11.6 Å². The maximum Gasteiger partial charge on any atom is 0.417 e. The van der Waals surface area contributed by atoms with E-state index in [4.69, 9.17) is 11.6 Å². The lowest BCUT2D eigenvalue weighted by molar-refractivity contribution is -0.140. The summed E-state index contributed by atoms with van der Waals surface area (Å²) < 4.78 is 65.4. The van der Waals surface area contributed by atoms with Crippen LogP contribution in [0.1, 0.15) is 32.3 Å². The molecule has 0 spiro atoms. The van der Waals surface area contributed by atoms with E-state index < -0.39 is 37.4 Å². The van der Waals surface area contributed by atoms with Gasteiger partial charge >= 0.3 is 6.18 Å². The van der Waals surface area contributed by atoms with E-state index in [2.05, 4.69) is 4.98 Å². The Morgan fingerprint density at radius 3 is 2.48 bits per heavy atom. The molecule has 0 amide bonds. The van der Waals surface area contributed by atoms with Crippen LogP contribution in [0.25, 0.3) is 0 Å². The highest BCUT2D eigenvalue weighted by atomic mass is 35.5. The predicted molar refractivity (Wildman–Crippen MR) is 71.5 cm³/mol. The van der Waals surface area contributed by atoms with Crippen molar-refractivity contribution in [2.45, 2.75) is 43.3 Å². The molecule has 1 fully saturated rings. The summed E-state index contributed by atoms with van der Waals surface area (Å²) in [6.07, 6.45) is -2.95. The molecule has 0 N–H and O–H groups in total. The molecule has 0 unspecified atom stereocenters. The van der Waals surface area contributed by atoms with Crippen LogP contribution in [0.15, 0.2) is 17.2 Å². The Morgan fingerprint density at radius 2 is 2.00 bits per heavy atom. The Kier molecular flexibility index (Phi) is 4.01. The third-order valence-electron chi connectivity index (χ3n) is 3.53. The second-order valence-electron chi connectivity index (χ2n) is 5.49. The van der Waals surface area contributed by atoms with E-state index in [1.54, 1.807) is 13.8 Å². The summed E-state index contributed by atoms with van der Waals surface area (Å²) >= 11 is 5.47. The van der Waals surface area contributed by atoms with Gasteiger partial charge in [0, 0.05) is 18.3 Å². The molecule has 2 rings (SSSR count). The molecule has 0 aliphatic carbocycles. The minimum atomic E-state index is -4.82. The van der Waals surface area contributed by atoms with Crippen LogP contribution in [-0.4, -0.2) is 29.8 Å². The van der Waals surface area contributed by atoms with Crippen LogP contribution in [0.2, 0.25) is 5.15 Å². The number of hydrogen-bond acceptors (Lipinski definition) is 3. The fourth-order valence-electron chi connectivity index (χ4n) is 2.49. The number of sulfonamides is 1. The van der Waals surface area contributed by atoms with E-state index in [0.717, 1.165) is 4.31 Å². The third-order valence-corrected chi connectivity index (χ3v) is 5.88. The van der Waals surface area contributed by atoms with Crippen LogP contribution in [-0.2, 0) is 16.2 Å². The van der Waals surface area contributed by atoms with E-state index >= 15 is 0 Å². The van der Waals surface area contributed by atoms with E-state index in [-0.39, 0.29) is 6.54 Å². The van der Waals surface area contributed by atoms with Gasteiger partial charge in [0.25, 0.3) is 0 Å².